The van der Waals surface area contributed by atoms with Gasteiger partial charge in [-0.1, -0.05) is 57.2 Å². The fourth-order valence-corrected chi connectivity index (χ4v) is 5.05. The summed E-state index contributed by atoms with van der Waals surface area (Å²) in [5.74, 6) is -2.25. The van der Waals surface area contributed by atoms with Crippen molar-refractivity contribution in [2.75, 3.05) is 19.6 Å². The van der Waals surface area contributed by atoms with Gasteiger partial charge in [0.1, 0.15) is 23.8 Å². The smallest absolute Gasteiger partial charge is 0.333 e. The van der Waals surface area contributed by atoms with Gasteiger partial charge in [-0.25, -0.2) is 23.6 Å². The van der Waals surface area contributed by atoms with Gasteiger partial charge in [-0.3, -0.25) is 9.59 Å². The second-order valence-electron chi connectivity index (χ2n) is 9.80. The van der Waals surface area contributed by atoms with Gasteiger partial charge in [-0.05, 0) is 24.0 Å². The van der Waals surface area contributed by atoms with Gasteiger partial charge >= 0.3 is 6.03 Å². The van der Waals surface area contributed by atoms with Crippen LogP contribution in [0.25, 0.3) is 0 Å². The van der Waals surface area contributed by atoms with E-state index in [9.17, 15) is 23.2 Å². The summed E-state index contributed by atoms with van der Waals surface area (Å²) in [5, 5.41) is 6.19. The van der Waals surface area contributed by atoms with E-state index in [2.05, 4.69) is 5.32 Å². The van der Waals surface area contributed by atoms with Crippen molar-refractivity contribution in [3.05, 3.63) is 71.3 Å². The van der Waals surface area contributed by atoms with Gasteiger partial charge in [-0.15, -0.1) is 0 Å². The molecule has 37 heavy (non-hydrogen) atoms. The van der Waals surface area contributed by atoms with E-state index in [1.54, 1.807) is 5.01 Å². The second kappa shape index (κ2) is 11.2. The molecule has 0 unspecified atom stereocenters. The van der Waals surface area contributed by atoms with E-state index in [1.807, 2.05) is 51.1 Å². The molecule has 2 heterocycles. The Morgan fingerprint density at radius 2 is 1.84 bits per heavy atom. The maximum atomic E-state index is 14.5. The van der Waals surface area contributed by atoms with Gasteiger partial charge < -0.3 is 15.1 Å². The van der Waals surface area contributed by atoms with Gasteiger partial charge in [0.05, 0.1) is 13.1 Å². The predicted molar refractivity (Wildman–Crippen MR) is 133 cm³/mol. The highest BCUT2D eigenvalue weighted by Gasteiger charge is 2.52. The van der Waals surface area contributed by atoms with Crippen LogP contribution in [0, 0.1) is 17.6 Å². The number of nitrogens with one attached hydrogen (secondary N) is 1. The van der Waals surface area contributed by atoms with Crippen LogP contribution in [-0.2, 0) is 22.7 Å². The molecule has 2 fully saturated rings. The highest BCUT2D eigenvalue weighted by Crippen LogP contribution is 2.31. The molecule has 1 N–H and O–H groups in total. The first-order chi connectivity index (χ1) is 17.7. The van der Waals surface area contributed by atoms with Crippen molar-refractivity contribution in [1.82, 2.24) is 25.1 Å². The zero-order chi connectivity index (χ0) is 26.7. The summed E-state index contributed by atoms with van der Waals surface area (Å²) >= 11 is 0. The topological polar surface area (TPSA) is 76.2 Å². The standard InChI is InChI=1S/C27H33F2N5O3/c1-4-12-32-17-24(35)33-23(34(32)27(37)30-14-19-8-6-5-7-9-19)16-31(26(36)25(33)18(2)3)15-20-10-11-21(28)13-22(20)29/h5-11,13,18,23,25H,4,12,14-17H2,1-3H3,(H,30,37)/t23-,25-/m0/s1. The van der Waals surface area contributed by atoms with E-state index in [0.717, 1.165) is 17.7 Å². The molecule has 0 spiro atoms. The molecule has 0 aliphatic carbocycles. The largest absolute Gasteiger partial charge is 0.334 e. The molecule has 0 aromatic heterocycles. The number of fused-ring (bicyclic) bond motifs is 1. The summed E-state index contributed by atoms with van der Waals surface area (Å²) in [6.07, 6.45) is -0.0587. The summed E-state index contributed by atoms with van der Waals surface area (Å²) in [7, 11) is 0. The van der Waals surface area contributed by atoms with Gasteiger partial charge in [0, 0.05) is 31.3 Å². The minimum absolute atomic E-state index is 0.00355. The lowest BCUT2D eigenvalue weighted by molar-refractivity contribution is -0.193. The third kappa shape index (κ3) is 5.58. The van der Waals surface area contributed by atoms with E-state index in [0.29, 0.717) is 19.5 Å². The molecule has 10 heteroatoms. The zero-order valence-electron chi connectivity index (χ0n) is 21.4. The highest BCUT2D eigenvalue weighted by molar-refractivity contribution is 5.91. The molecule has 198 valence electrons. The van der Waals surface area contributed by atoms with Crippen LogP contribution in [0.1, 0.15) is 38.3 Å². The molecule has 0 saturated carbocycles. The fourth-order valence-electron chi connectivity index (χ4n) is 5.05. The first kappa shape index (κ1) is 26.5. The Balaban J connectivity index is 1.66. The number of halogens is 2. The molecule has 4 rings (SSSR count). The second-order valence-corrected chi connectivity index (χ2v) is 9.80. The lowest BCUT2D eigenvalue weighted by Gasteiger charge is -2.56. The molecule has 0 bridgehead atoms. The molecule has 2 saturated heterocycles. The van der Waals surface area contributed by atoms with Crippen molar-refractivity contribution in [2.45, 2.75) is 52.5 Å². The molecule has 2 aromatic rings. The maximum Gasteiger partial charge on any atom is 0.334 e. The molecule has 0 radical (unpaired) electrons. The number of hydrogen-bond acceptors (Lipinski definition) is 4. The maximum absolute atomic E-state index is 14.5. The number of carbonyl (C=O) groups excluding carboxylic acids is 3. The number of hydrogen-bond donors (Lipinski definition) is 1. The number of piperazine rings is 1. The van der Waals surface area contributed by atoms with Gasteiger partial charge in [0.2, 0.25) is 11.8 Å². The minimum Gasteiger partial charge on any atom is -0.333 e. The predicted octanol–water partition coefficient (Wildman–Crippen LogP) is 3.34. The monoisotopic (exact) mass is 513 g/mol. The zero-order valence-corrected chi connectivity index (χ0v) is 21.4. The molecule has 8 nitrogen and oxygen atoms in total. The molecule has 4 amide bonds. The van der Waals surface area contributed by atoms with Crippen molar-refractivity contribution in [3.8, 4) is 0 Å². The Labute approximate surface area is 215 Å². The average molecular weight is 514 g/mol. The quantitative estimate of drug-likeness (QED) is 0.616. The van der Waals surface area contributed by atoms with Crippen molar-refractivity contribution >= 4 is 17.8 Å². The van der Waals surface area contributed by atoms with Crippen LogP contribution in [0.5, 0.6) is 0 Å². The third-order valence-electron chi connectivity index (χ3n) is 6.75. The van der Waals surface area contributed by atoms with E-state index in [1.165, 1.54) is 20.9 Å². The molecule has 2 atom stereocenters. The van der Waals surface area contributed by atoms with Crippen LogP contribution in [0.2, 0.25) is 0 Å². The molecule has 2 aromatic carbocycles. The number of benzene rings is 2. The summed E-state index contributed by atoms with van der Waals surface area (Å²) in [6.45, 7) is 6.30. The number of hydrazine groups is 1. The minimum atomic E-state index is -0.817. The van der Waals surface area contributed by atoms with E-state index in [-0.39, 0.29) is 49.0 Å². The number of rotatable bonds is 7. The molecular formula is C27H33F2N5O3. The third-order valence-corrected chi connectivity index (χ3v) is 6.75. The Hall–Kier alpha value is -3.53. The van der Waals surface area contributed by atoms with Crippen LogP contribution in [0.15, 0.2) is 48.5 Å². The Morgan fingerprint density at radius 3 is 2.49 bits per heavy atom. The van der Waals surface area contributed by atoms with Gasteiger partial charge in [0.15, 0.2) is 0 Å². The summed E-state index contributed by atoms with van der Waals surface area (Å²) in [5.41, 5.74) is 1.09. The lowest BCUT2D eigenvalue weighted by atomic mass is 9.95. The average Bonchev–Trinajstić information content (AvgIpc) is 2.86. The number of nitrogens with zero attached hydrogens (tertiary/aromatic N) is 4. The van der Waals surface area contributed by atoms with Crippen LogP contribution in [0.3, 0.4) is 0 Å². The fraction of sp³-hybridized carbons (Fsp3) is 0.444. The normalized spacial score (nSPS) is 20.4. The van der Waals surface area contributed by atoms with Crippen molar-refractivity contribution < 1.29 is 23.2 Å². The molecular weight excluding hydrogens is 480 g/mol. The summed E-state index contributed by atoms with van der Waals surface area (Å²) < 4.78 is 28.0. The van der Waals surface area contributed by atoms with Crippen LogP contribution < -0.4 is 5.32 Å². The van der Waals surface area contributed by atoms with E-state index < -0.39 is 23.8 Å². The van der Waals surface area contributed by atoms with Crippen molar-refractivity contribution in [1.29, 1.82) is 0 Å². The van der Waals surface area contributed by atoms with Gasteiger partial charge in [0.25, 0.3) is 0 Å². The van der Waals surface area contributed by atoms with E-state index in [4.69, 9.17) is 0 Å². The van der Waals surface area contributed by atoms with Crippen LogP contribution in [0.4, 0.5) is 13.6 Å². The van der Waals surface area contributed by atoms with Crippen LogP contribution in [-0.4, -0.2) is 69.5 Å². The first-order valence-corrected chi connectivity index (χ1v) is 12.6. The number of urea groups is 1. The lowest BCUT2D eigenvalue weighted by Crippen LogP contribution is -2.77. The van der Waals surface area contributed by atoms with Gasteiger partial charge in [-0.2, -0.15) is 0 Å². The number of amides is 4. The summed E-state index contributed by atoms with van der Waals surface area (Å²) in [4.78, 5) is 43.4. The van der Waals surface area contributed by atoms with Crippen molar-refractivity contribution in [2.24, 2.45) is 5.92 Å². The summed E-state index contributed by atoms with van der Waals surface area (Å²) in [6, 6.07) is 11.5. The Bertz CT molecular complexity index is 1150. The SMILES string of the molecule is CCCN1CC(=O)N2[C@@H](C(C)C)C(=O)N(Cc3ccc(F)cc3F)C[C@@H]2N1C(=O)NCc1ccccc1. The van der Waals surface area contributed by atoms with Crippen molar-refractivity contribution in [3.63, 3.8) is 0 Å². The highest BCUT2D eigenvalue weighted by atomic mass is 19.1. The Kier molecular flexibility index (Phi) is 8.06. The van der Waals surface area contributed by atoms with Crippen LogP contribution >= 0.6 is 0 Å². The number of carbonyl (C=O) groups is 3. The molecule has 2 aliphatic rings. The Morgan fingerprint density at radius 1 is 1.11 bits per heavy atom. The molecule has 2 aliphatic heterocycles. The van der Waals surface area contributed by atoms with E-state index >= 15 is 0 Å². The first-order valence-electron chi connectivity index (χ1n) is 12.6.